The molecule has 0 unspecified atom stereocenters. The first kappa shape index (κ1) is 7.76. The van der Waals surface area contributed by atoms with Gasteiger partial charge in [-0.05, 0) is 19.8 Å². The minimum absolute atomic E-state index is 0.124. The van der Waals surface area contributed by atoms with Gasteiger partial charge >= 0.3 is 0 Å². The number of allylic oxidation sites excluding steroid dienone is 1. The SMILES string of the molecule is C=C(C)CC[C@@H]1O[C@@H]1CO. The Hall–Kier alpha value is -0.340. The standard InChI is InChI=1S/C8H14O2/c1-6(2)3-4-7-8(5-9)10-7/h7-9H,1,3-5H2,2H3/t7-,8+/m0/s1. The first-order valence-electron chi connectivity index (χ1n) is 3.64. The monoisotopic (exact) mass is 142 g/mol. The highest BCUT2D eigenvalue weighted by Crippen LogP contribution is 2.26. The van der Waals surface area contributed by atoms with E-state index in [1.165, 1.54) is 5.57 Å². The van der Waals surface area contributed by atoms with Gasteiger partial charge < -0.3 is 9.84 Å². The molecular weight excluding hydrogens is 128 g/mol. The van der Waals surface area contributed by atoms with Gasteiger partial charge in [-0.15, -0.1) is 6.58 Å². The number of ether oxygens (including phenoxy) is 1. The third kappa shape index (κ3) is 2.12. The zero-order valence-electron chi connectivity index (χ0n) is 6.34. The fourth-order valence-electron chi connectivity index (χ4n) is 0.982. The van der Waals surface area contributed by atoms with Crippen LogP contribution in [0.1, 0.15) is 19.8 Å². The van der Waals surface area contributed by atoms with E-state index in [4.69, 9.17) is 9.84 Å². The molecule has 0 amide bonds. The number of hydrogen-bond acceptors (Lipinski definition) is 2. The van der Waals surface area contributed by atoms with E-state index >= 15 is 0 Å². The summed E-state index contributed by atoms with van der Waals surface area (Å²) in [5.74, 6) is 0. The van der Waals surface area contributed by atoms with E-state index in [0.717, 1.165) is 12.8 Å². The summed E-state index contributed by atoms with van der Waals surface area (Å²) in [7, 11) is 0. The van der Waals surface area contributed by atoms with Crippen molar-refractivity contribution in [1.82, 2.24) is 0 Å². The zero-order valence-corrected chi connectivity index (χ0v) is 6.34. The van der Waals surface area contributed by atoms with Crippen LogP contribution in [0, 0.1) is 0 Å². The van der Waals surface area contributed by atoms with Crippen LogP contribution in [0.25, 0.3) is 0 Å². The summed E-state index contributed by atoms with van der Waals surface area (Å²) in [5, 5.41) is 8.59. The van der Waals surface area contributed by atoms with E-state index in [0.29, 0.717) is 6.10 Å². The third-order valence-corrected chi connectivity index (χ3v) is 1.72. The van der Waals surface area contributed by atoms with Crippen LogP contribution < -0.4 is 0 Å². The maximum Gasteiger partial charge on any atom is 0.107 e. The summed E-state index contributed by atoms with van der Waals surface area (Å²) in [4.78, 5) is 0. The van der Waals surface area contributed by atoms with Gasteiger partial charge in [0.1, 0.15) is 6.10 Å². The Balaban J connectivity index is 2.01. The molecule has 0 saturated carbocycles. The van der Waals surface area contributed by atoms with Gasteiger partial charge in [0, 0.05) is 0 Å². The predicted molar refractivity (Wildman–Crippen MR) is 39.8 cm³/mol. The molecule has 2 nitrogen and oxygen atoms in total. The average molecular weight is 142 g/mol. The highest BCUT2D eigenvalue weighted by Gasteiger charge is 2.36. The molecule has 0 aromatic carbocycles. The lowest BCUT2D eigenvalue weighted by Crippen LogP contribution is -1.98. The fraction of sp³-hybridized carbons (Fsp3) is 0.750. The highest BCUT2D eigenvalue weighted by atomic mass is 16.6. The van der Waals surface area contributed by atoms with E-state index < -0.39 is 0 Å². The van der Waals surface area contributed by atoms with E-state index in [9.17, 15) is 0 Å². The zero-order chi connectivity index (χ0) is 7.56. The van der Waals surface area contributed by atoms with E-state index in [-0.39, 0.29) is 12.7 Å². The molecule has 2 atom stereocenters. The molecule has 1 aliphatic heterocycles. The van der Waals surface area contributed by atoms with Crippen molar-refractivity contribution in [2.24, 2.45) is 0 Å². The highest BCUT2D eigenvalue weighted by molar-refractivity contribution is 4.93. The van der Waals surface area contributed by atoms with Gasteiger partial charge in [0.05, 0.1) is 12.7 Å². The summed E-state index contributed by atoms with van der Waals surface area (Å²) in [6.45, 7) is 5.97. The van der Waals surface area contributed by atoms with Crippen molar-refractivity contribution in [3.63, 3.8) is 0 Å². The van der Waals surface area contributed by atoms with Crippen molar-refractivity contribution in [3.05, 3.63) is 12.2 Å². The lowest BCUT2D eigenvalue weighted by atomic mass is 10.1. The van der Waals surface area contributed by atoms with Crippen LogP contribution in [0.15, 0.2) is 12.2 Å². The van der Waals surface area contributed by atoms with Crippen molar-refractivity contribution in [1.29, 1.82) is 0 Å². The largest absolute Gasteiger partial charge is 0.394 e. The predicted octanol–water partition coefficient (Wildman–Crippen LogP) is 1.10. The fourth-order valence-corrected chi connectivity index (χ4v) is 0.982. The molecule has 1 aliphatic rings. The molecule has 58 valence electrons. The van der Waals surface area contributed by atoms with E-state index in [2.05, 4.69) is 6.58 Å². The molecule has 0 radical (unpaired) electrons. The van der Waals surface area contributed by atoms with Crippen LogP contribution in [-0.4, -0.2) is 23.9 Å². The summed E-state index contributed by atoms with van der Waals surface area (Å²) >= 11 is 0. The average Bonchev–Trinajstić information content (AvgIpc) is 2.61. The van der Waals surface area contributed by atoms with Crippen molar-refractivity contribution in [3.8, 4) is 0 Å². The molecule has 1 rings (SSSR count). The molecule has 2 heteroatoms. The second kappa shape index (κ2) is 3.17. The molecule has 0 aromatic heterocycles. The number of epoxide rings is 1. The number of rotatable bonds is 4. The maximum absolute atomic E-state index is 8.59. The van der Waals surface area contributed by atoms with Gasteiger partial charge in [-0.3, -0.25) is 0 Å². The molecule has 0 aromatic rings. The summed E-state index contributed by atoms with van der Waals surface area (Å²) < 4.78 is 5.13. The quantitative estimate of drug-likeness (QED) is 0.471. The Kier molecular flexibility index (Phi) is 2.46. The second-order valence-electron chi connectivity index (χ2n) is 2.89. The molecular formula is C8H14O2. The molecule has 0 aliphatic carbocycles. The molecule has 1 heterocycles. The minimum atomic E-state index is 0.124. The van der Waals surface area contributed by atoms with Crippen LogP contribution in [0.4, 0.5) is 0 Å². The van der Waals surface area contributed by atoms with Crippen LogP contribution in [0.2, 0.25) is 0 Å². The Morgan fingerprint density at radius 1 is 1.60 bits per heavy atom. The van der Waals surface area contributed by atoms with Crippen molar-refractivity contribution in [2.45, 2.75) is 32.0 Å². The third-order valence-electron chi connectivity index (χ3n) is 1.72. The van der Waals surface area contributed by atoms with Crippen molar-refractivity contribution < 1.29 is 9.84 Å². The maximum atomic E-state index is 8.59. The van der Waals surface area contributed by atoms with Crippen molar-refractivity contribution in [2.75, 3.05) is 6.61 Å². The van der Waals surface area contributed by atoms with E-state index in [1.807, 2.05) is 6.92 Å². The van der Waals surface area contributed by atoms with Crippen molar-refractivity contribution >= 4 is 0 Å². The van der Waals surface area contributed by atoms with Crippen LogP contribution in [-0.2, 0) is 4.74 Å². The lowest BCUT2D eigenvalue weighted by molar-refractivity contribution is 0.241. The Morgan fingerprint density at radius 2 is 2.30 bits per heavy atom. The molecule has 0 bridgehead atoms. The molecule has 10 heavy (non-hydrogen) atoms. The first-order chi connectivity index (χ1) is 4.74. The minimum Gasteiger partial charge on any atom is -0.394 e. The summed E-state index contributed by atoms with van der Waals surface area (Å²) in [6.07, 6.45) is 2.46. The number of hydrogen-bond donors (Lipinski definition) is 1. The van der Waals surface area contributed by atoms with Crippen LogP contribution >= 0.6 is 0 Å². The van der Waals surface area contributed by atoms with Gasteiger partial charge in [-0.1, -0.05) is 5.57 Å². The number of aliphatic hydroxyl groups is 1. The van der Waals surface area contributed by atoms with Gasteiger partial charge in [-0.2, -0.15) is 0 Å². The van der Waals surface area contributed by atoms with Gasteiger partial charge in [-0.25, -0.2) is 0 Å². The normalized spacial score (nSPS) is 30.2. The number of aliphatic hydroxyl groups excluding tert-OH is 1. The molecule has 1 fully saturated rings. The molecule has 0 spiro atoms. The summed E-state index contributed by atoms with van der Waals surface area (Å²) in [6, 6.07) is 0. The van der Waals surface area contributed by atoms with E-state index in [1.54, 1.807) is 0 Å². The second-order valence-corrected chi connectivity index (χ2v) is 2.89. The lowest BCUT2D eigenvalue weighted by Gasteiger charge is -1.93. The Labute approximate surface area is 61.5 Å². The molecule has 1 N–H and O–H groups in total. The first-order valence-corrected chi connectivity index (χ1v) is 3.64. The topological polar surface area (TPSA) is 32.8 Å². The van der Waals surface area contributed by atoms with Gasteiger partial charge in [0.2, 0.25) is 0 Å². The summed E-state index contributed by atoms with van der Waals surface area (Å²) in [5.41, 5.74) is 1.19. The van der Waals surface area contributed by atoms with Crippen LogP contribution in [0.3, 0.4) is 0 Å². The van der Waals surface area contributed by atoms with Gasteiger partial charge in [0.15, 0.2) is 0 Å². The van der Waals surface area contributed by atoms with Crippen LogP contribution in [0.5, 0.6) is 0 Å². The molecule has 1 saturated heterocycles. The smallest absolute Gasteiger partial charge is 0.107 e. The van der Waals surface area contributed by atoms with Gasteiger partial charge in [0.25, 0.3) is 0 Å². The Morgan fingerprint density at radius 3 is 2.70 bits per heavy atom. The Bertz CT molecular complexity index is 131.